The lowest BCUT2D eigenvalue weighted by Crippen LogP contribution is -2.02. The molecule has 0 aliphatic rings. The average Bonchev–Trinajstić information content (AvgIpc) is 2.34. The third-order valence-corrected chi connectivity index (χ3v) is 3.13. The van der Waals surface area contributed by atoms with E-state index in [-0.39, 0.29) is 5.82 Å². The summed E-state index contributed by atoms with van der Waals surface area (Å²) < 4.78 is 13.6. The topological polar surface area (TPSA) is 20.2 Å². The van der Waals surface area contributed by atoms with Gasteiger partial charge in [0.05, 0.1) is 0 Å². The van der Waals surface area contributed by atoms with Gasteiger partial charge in [-0.2, -0.15) is 0 Å². The van der Waals surface area contributed by atoms with E-state index in [4.69, 9.17) is 0 Å². The zero-order valence-electron chi connectivity index (χ0n) is 10.9. The second-order valence-corrected chi connectivity index (χ2v) is 4.79. The number of aryl methyl sites for hydroxylation is 3. The summed E-state index contributed by atoms with van der Waals surface area (Å²) in [5.41, 5.74) is 3.80. The molecule has 0 bridgehead atoms. The number of benzene rings is 2. The van der Waals surface area contributed by atoms with Crippen LogP contribution in [0.25, 0.3) is 0 Å². The van der Waals surface area contributed by atoms with Gasteiger partial charge in [-0.3, -0.25) is 0 Å². The van der Waals surface area contributed by atoms with E-state index in [1.165, 1.54) is 0 Å². The Balaban J connectivity index is 2.43. The van der Waals surface area contributed by atoms with Crippen LogP contribution in [0.5, 0.6) is 0 Å². The van der Waals surface area contributed by atoms with Crippen molar-refractivity contribution in [3.8, 4) is 0 Å². The van der Waals surface area contributed by atoms with Crippen molar-refractivity contribution in [1.29, 1.82) is 0 Å². The highest BCUT2D eigenvalue weighted by Crippen LogP contribution is 2.25. The lowest BCUT2D eigenvalue weighted by Gasteiger charge is -2.14. The van der Waals surface area contributed by atoms with Crippen molar-refractivity contribution >= 4 is 0 Å². The van der Waals surface area contributed by atoms with Crippen LogP contribution in [0.4, 0.5) is 4.39 Å². The Morgan fingerprint density at radius 3 is 2.11 bits per heavy atom. The molecule has 0 aliphatic carbocycles. The zero-order chi connectivity index (χ0) is 13.3. The van der Waals surface area contributed by atoms with Crippen LogP contribution in [0.3, 0.4) is 0 Å². The molecule has 1 atom stereocenters. The Morgan fingerprint density at radius 1 is 0.944 bits per heavy atom. The van der Waals surface area contributed by atoms with E-state index in [9.17, 15) is 9.50 Å². The Labute approximate surface area is 107 Å². The van der Waals surface area contributed by atoms with Crippen LogP contribution in [0.1, 0.15) is 33.9 Å². The number of aliphatic hydroxyl groups is 1. The molecular weight excluding hydrogens is 227 g/mol. The van der Waals surface area contributed by atoms with E-state index in [2.05, 4.69) is 0 Å². The minimum atomic E-state index is -0.706. The summed E-state index contributed by atoms with van der Waals surface area (Å²) >= 11 is 0. The molecule has 0 spiro atoms. The Kier molecular flexibility index (Phi) is 3.48. The van der Waals surface area contributed by atoms with E-state index < -0.39 is 6.10 Å². The molecule has 0 aliphatic heterocycles. The molecule has 0 amide bonds. The van der Waals surface area contributed by atoms with Gasteiger partial charge in [0.25, 0.3) is 0 Å². The van der Waals surface area contributed by atoms with Crippen molar-refractivity contribution in [2.75, 3.05) is 0 Å². The van der Waals surface area contributed by atoms with E-state index in [1.54, 1.807) is 26.0 Å². The van der Waals surface area contributed by atoms with Crippen LogP contribution in [0.2, 0.25) is 0 Å². The molecule has 0 radical (unpaired) electrons. The Hall–Kier alpha value is -1.67. The molecule has 0 aromatic heterocycles. The van der Waals surface area contributed by atoms with Gasteiger partial charge in [0.1, 0.15) is 11.9 Å². The molecule has 2 aromatic rings. The van der Waals surface area contributed by atoms with Crippen molar-refractivity contribution in [2.45, 2.75) is 26.9 Å². The molecule has 94 valence electrons. The van der Waals surface area contributed by atoms with Gasteiger partial charge in [-0.1, -0.05) is 42.0 Å². The van der Waals surface area contributed by atoms with Gasteiger partial charge < -0.3 is 5.11 Å². The molecule has 2 heteroatoms. The van der Waals surface area contributed by atoms with Gasteiger partial charge in [0.2, 0.25) is 0 Å². The minimum absolute atomic E-state index is 0.199. The molecule has 1 unspecified atom stereocenters. The molecule has 0 saturated heterocycles. The van der Waals surface area contributed by atoms with Crippen LogP contribution in [-0.2, 0) is 0 Å². The molecule has 1 N–H and O–H groups in total. The average molecular weight is 244 g/mol. The summed E-state index contributed by atoms with van der Waals surface area (Å²) in [7, 11) is 0. The highest BCUT2D eigenvalue weighted by Gasteiger charge is 2.13. The number of hydrogen-bond donors (Lipinski definition) is 1. The third-order valence-electron chi connectivity index (χ3n) is 3.13. The summed E-state index contributed by atoms with van der Waals surface area (Å²) in [6.45, 7) is 5.42. The highest BCUT2D eigenvalue weighted by molar-refractivity contribution is 5.37. The number of aliphatic hydroxyl groups excluding tert-OH is 1. The first-order valence-corrected chi connectivity index (χ1v) is 6.00. The maximum absolute atomic E-state index is 13.6. The van der Waals surface area contributed by atoms with E-state index in [1.807, 2.05) is 31.2 Å². The first-order valence-electron chi connectivity index (χ1n) is 6.00. The van der Waals surface area contributed by atoms with Crippen LogP contribution >= 0.6 is 0 Å². The number of hydrogen-bond acceptors (Lipinski definition) is 1. The summed E-state index contributed by atoms with van der Waals surface area (Å²) in [6, 6.07) is 11.1. The molecule has 18 heavy (non-hydrogen) atoms. The molecule has 1 nitrogen and oxygen atoms in total. The van der Waals surface area contributed by atoms with Gasteiger partial charge in [0.15, 0.2) is 0 Å². The Morgan fingerprint density at radius 2 is 1.56 bits per heavy atom. The Bertz CT molecular complexity index is 552. The van der Waals surface area contributed by atoms with Gasteiger partial charge in [-0.05, 0) is 43.0 Å². The van der Waals surface area contributed by atoms with Gasteiger partial charge in [0, 0.05) is 0 Å². The van der Waals surface area contributed by atoms with Crippen molar-refractivity contribution in [3.63, 3.8) is 0 Å². The second-order valence-electron chi connectivity index (χ2n) is 4.79. The van der Waals surface area contributed by atoms with Crippen LogP contribution in [0.15, 0.2) is 36.4 Å². The number of halogens is 1. The summed E-state index contributed by atoms with van der Waals surface area (Å²) in [5, 5.41) is 10.3. The summed E-state index contributed by atoms with van der Waals surface area (Å²) in [5.74, 6) is -0.199. The van der Waals surface area contributed by atoms with E-state index in [0.29, 0.717) is 11.1 Å². The van der Waals surface area contributed by atoms with E-state index >= 15 is 0 Å². The first kappa shape index (κ1) is 12.8. The molecule has 0 heterocycles. The minimum Gasteiger partial charge on any atom is -0.384 e. The molecular formula is C16H17FO. The molecule has 0 fully saturated rings. The smallest absolute Gasteiger partial charge is 0.129 e. The van der Waals surface area contributed by atoms with Gasteiger partial charge in [-0.25, -0.2) is 4.39 Å². The van der Waals surface area contributed by atoms with Crippen molar-refractivity contribution < 1.29 is 9.50 Å². The maximum Gasteiger partial charge on any atom is 0.129 e. The largest absolute Gasteiger partial charge is 0.384 e. The van der Waals surface area contributed by atoms with Gasteiger partial charge >= 0.3 is 0 Å². The normalized spacial score (nSPS) is 12.5. The third kappa shape index (κ3) is 2.44. The summed E-state index contributed by atoms with van der Waals surface area (Å²) in [6.07, 6.45) is -0.706. The van der Waals surface area contributed by atoms with Crippen LogP contribution in [-0.4, -0.2) is 5.11 Å². The second kappa shape index (κ2) is 4.91. The quantitative estimate of drug-likeness (QED) is 0.851. The fourth-order valence-corrected chi connectivity index (χ4v) is 2.17. The van der Waals surface area contributed by atoms with E-state index in [0.717, 1.165) is 16.7 Å². The zero-order valence-corrected chi connectivity index (χ0v) is 10.9. The SMILES string of the molecule is Cc1cccc(C(O)c2cc(C)c(F)c(C)c2)c1. The van der Waals surface area contributed by atoms with Crippen molar-refractivity contribution in [3.05, 3.63) is 70.0 Å². The monoisotopic (exact) mass is 244 g/mol. The standard InChI is InChI=1S/C16H17FO/c1-10-5-4-6-13(7-10)16(18)14-8-11(2)15(17)12(3)9-14/h4-9,16,18H,1-3H3. The molecule has 2 rings (SSSR count). The lowest BCUT2D eigenvalue weighted by molar-refractivity contribution is 0.220. The van der Waals surface area contributed by atoms with Crippen molar-refractivity contribution in [1.82, 2.24) is 0 Å². The van der Waals surface area contributed by atoms with Crippen LogP contribution < -0.4 is 0 Å². The summed E-state index contributed by atoms with van der Waals surface area (Å²) in [4.78, 5) is 0. The fourth-order valence-electron chi connectivity index (χ4n) is 2.17. The molecule has 2 aromatic carbocycles. The fraction of sp³-hybridized carbons (Fsp3) is 0.250. The van der Waals surface area contributed by atoms with Gasteiger partial charge in [-0.15, -0.1) is 0 Å². The molecule has 0 saturated carbocycles. The van der Waals surface area contributed by atoms with Crippen LogP contribution in [0, 0.1) is 26.6 Å². The highest BCUT2D eigenvalue weighted by atomic mass is 19.1. The first-order chi connectivity index (χ1) is 8.49. The lowest BCUT2D eigenvalue weighted by atomic mass is 9.97. The maximum atomic E-state index is 13.6. The number of rotatable bonds is 2. The predicted octanol–water partition coefficient (Wildman–Crippen LogP) is 3.83. The predicted molar refractivity (Wildman–Crippen MR) is 71.1 cm³/mol. The van der Waals surface area contributed by atoms with Crippen molar-refractivity contribution in [2.24, 2.45) is 0 Å².